The fraction of sp³-hybridized carbons (Fsp3) is 0.333. The van der Waals surface area contributed by atoms with Gasteiger partial charge >= 0.3 is 12.2 Å². The Bertz CT molecular complexity index is 2430. The molecular weight excluding hydrogens is 771 g/mol. The van der Waals surface area contributed by atoms with Crippen molar-refractivity contribution in [1.82, 2.24) is 30.4 Å². The number of imidazole rings is 1. The molecule has 1 unspecified atom stereocenters. The zero-order valence-electron chi connectivity index (χ0n) is 34.9. The lowest BCUT2D eigenvalue weighted by Gasteiger charge is -2.30. The molecule has 8 rings (SSSR count). The lowest BCUT2D eigenvalue weighted by Crippen LogP contribution is -2.53. The summed E-state index contributed by atoms with van der Waals surface area (Å²) in [5, 5.41) is 5.45. The summed E-state index contributed by atoms with van der Waals surface area (Å²) < 4.78 is 9.62. The largest absolute Gasteiger partial charge is 0.453 e. The summed E-state index contributed by atoms with van der Waals surface area (Å²) in [6, 6.07) is 30.5. The van der Waals surface area contributed by atoms with Crippen LogP contribution >= 0.6 is 0 Å². The summed E-state index contributed by atoms with van der Waals surface area (Å²) in [7, 11) is 2.59. The highest BCUT2D eigenvalue weighted by molar-refractivity contribution is 6.01. The third-order valence-corrected chi connectivity index (χ3v) is 12.0. The predicted octanol–water partition coefficient (Wildman–Crippen LogP) is 8.17. The third kappa shape index (κ3) is 8.63. The number of ether oxygens (including phenoxy) is 2. The Morgan fingerprint density at radius 2 is 1.28 bits per heavy atom. The maximum absolute atomic E-state index is 13.9. The number of carbonyl (C=O) groups excluding carboxylic acids is 4. The minimum absolute atomic E-state index is 0.0882. The number of hydrogen-bond acceptors (Lipinski definition) is 8. The number of aromatic amines is 1. The number of aliphatic imine (C=N–C) groups is 1. The van der Waals surface area contributed by atoms with E-state index >= 15 is 0 Å². The van der Waals surface area contributed by atoms with Crippen molar-refractivity contribution in [2.24, 2.45) is 10.9 Å². The van der Waals surface area contributed by atoms with E-state index in [1.807, 2.05) is 55.3 Å². The number of carbonyl (C=O) groups is 4. The highest BCUT2D eigenvalue weighted by Gasteiger charge is 2.39. The van der Waals surface area contributed by atoms with E-state index in [1.54, 1.807) is 4.90 Å². The van der Waals surface area contributed by atoms with Gasteiger partial charge in [-0.2, -0.15) is 0 Å². The average molecular weight is 822 g/mol. The summed E-state index contributed by atoms with van der Waals surface area (Å²) in [5.74, 6) is 0.314. The standard InChI is InChI=1S/C48H51N7O6/c1-29(2)42(52-47(58)60-3)45(56)54-24-8-12-40(54)38-27-36-26-35(22-23-37(36)50-38)32-16-14-30(15-17-32)31-18-20-33(21-19-31)39-28-49-44(51-39)41-13-9-25-55(41)46(57)43(53-48(59)61-4)34-10-6-5-7-11-34/h5-7,10-11,14-23,26,28-29,40-43H,8-9,12-13,24-25,27H2,1-4H3,(H,49,51)(H,52,58)(H,53,59)/t40-,41-,42?,43+/m0/s1. The number of alkyl carbamates (subject to hydrolysis) is 2. The van der Waals surface area contributed by atoms with Crippen LogP contribution in [0.1, 0.15) is 68.6 Å². The second kappa shape index (κ2) is 17.8. The first-order valence-corrected chi connectivity index (χ1v) is 20.9. The number of benzene rings is 4. The Morgan fingerprint density at radius 1 is 0.705 bits per heavy atom. The van der Waals surface area contributed by atoms with Gasteiger partial charge in [-0.05, 0) is 82.7 Å². The number of aromatic nitrogens is 2. The molecule has 3 aliphatic heterocycles. The molecule has 3 aliphatic rings. The van der Waals surface area contributed by atoms with Gasteiger partial charge in [-0.1, -0.05) is 98.8 Å². The second-order valence-electron chi connectivity index (χ2n) is 16.2. The Kier molecular flexibility index (Phi) is 12.0. The molecule has 4 atom stereocenters. The maximum Gasteiger partial charge on any atom is 0.407 e. The van der Waals surface area contributed by atoms with Gasteiger partial charge in [-0.3, -0.25) is 14.6 Å². The van der Waals surface area contributed by atoms with E-state index in [0.717, 1.165) is 76.2 Å². The van der Waals surface area contributed by atoms with Crippen LogP contribution in [0.3, 0.4) is 0 Å². The summed E-state index contributed by atoms with van der Waals surface area (Å²) >= 11 is 0. The molecule has 4 heterocycles. The van der Waals surface area contributed by atoms with E-state index in [1.165, 1.54) is 14.2 Å². The van der Waals surface area contributed by atoms with E-state index in [9.17, 15) is 19.2 Å². The fourth-order valence-corrected chi connectivity index (χ4v) is 8.79. The quantitative estimate of drug-likeness (QED) is 0.121. The summed E-state index contributed by atoms with van der Waals surface area (Å²) in [4.78, 5) is 68.7. The van der Waals surface area contributed by atoms with Crippen LogP contribution in [0.4, 0.5) is 15.3 Å². The number of nitrogens with one attached hydrogen (secondary N) is 3. The first-order valence-electron chi connectivity index (χ1n) is 20.9. The van der Waals surface area contributed by atoms with Crippen LogP contribution in [-0.2, 0) is 25.5 Å². The minimum atomic E-state index is -0.877. The molecule has 0 bridgehead atoms. The molecule has 5 aromatic rings. The zero-order chi connectivity index (χ0) is 42.6. The lowest BCUT2D eigenvalue weighted by atomic mass is 9.96. The Balaban J connectivity index is 0.911. The van der Waals surface area contributed by atoms with E-state index in [4.69, 9.17) is 19.5 Å². The van der Waals surface area contributed by atoms with Crippen molar-refractivity contribution in [1.29, 1.82) is 0 Å². The van der Waals surface area contributed by atoms with Crippen molar-refractivity contribution < 1.29 is 28.7 Å². The third-order valence-electron chi connectivity index (χ3n) is 12.0. The Morgan fingerprint density at radius 3 is 1.92 bits per heavy atom. The zero-order valence-corrected chi connectivity index (χ0v) is 34.9. The van der Waals surface area contributed by atoms with Gasteiger partial charge in [-0.25, -0.2) is 14.6 Å². The van der Waals surface area contributed by atoms with Gasteiger partial charge < -0.3 is 34.9 Å². The maximum atomic E-state index is 13.9. The second-order valence-corrected chi connectivity index (χ2v) is 16.2. The normalized spacial score (nSPS) is 18.0. The van der Waals surface area contributed by atoms with Gasteiger partial charge in [0.15, 0.2) is 0 Å². The van der Waals surface area contributed by atoms with Gasteiger partial charge in [0, 0.05) is 25.2 Å². The first kappa shape index (κ1) is 41.0. The number of rotatable bonds is 11. The molecule has 0 aliphatic carbocycles. The molecule has 3 N–H and O–H groups in total. The molecule has 2 fully saturated rings. The van der Waals surface area contributed by atoms with Gasteiger partial charge in [0.2, 0.25) is 5.91 Å². The Hall–Kier alpha value is -6.76. The van der Waals surface area contributed by atoms with Crippen LogP contribution in [0.5, 0.6) is 0 Å². The van der Waals surface area contributed by atoms with E-state index in [2.05, 4.69) is 82.3 Å². The Labute approximate surface area is 355 Å². The van der Waals surface area contributed by atoms with Gasteiger partial charge in [-0.15, -0.1) is 0 Å². The van der Waals surface area contributed by atoms with Crippen LogP contribution in [0.25, 0.3) is 33.5 Å². The van der Waals surface area contributed by atoms with Crippen molar-refractivity contribution in [2.45, 2.75) is 70.1 Å². The van der Waals surface area contributed by atoms with Crippen LogP contribution in [0.2, 0.25) is 0 Å². The summed E-state index contributed by atoms with van der Waals surface area (Å²) in [6.07, 6.45) is 4.52. The fourth-order valence-electron chi connectivity index (χ4n) is 8.79. The summed E-state index contributed by atoms with van der Waals surface area (Å²) in [5.41, 5.74) is 9.96. The van der Waals surface area contributed by atoms with Gasteiger partial charge in [0.05, 0.1) is 43.9 Å². The SMILES string of the molecule is COC(=O)NC(C(=O)N1CCC[C@H]1C1=Nc2ccc(-c3ccc(-c4ccc(-c5cnc([C@@H]6CCCN6C(=O)[C@H](NC(=O)OC)c6ccccc6)[nH]5)cc4)cc3)cc2C1)C(C)C. The highest BCUT2D eigenvalue weighted by atomic mass is 16.5. The van der Waals surface area contributed by atoms with Crippen molar-refractivity contribution >= 4 is 35.4 Å². The first-order chi connectivity index (χ1) is 29.6. The number of hydrogen-bond donors (Lipinski definition) is 3. The van der Waals surface area contributed by atoms with Crippen LogP contribution in [0, 0.1) is 5.92 Å². The molecule has 4 aromatic carbocycles. The van der Waals surface area contributed by atoms with E-state index < -0.39 is 24.3 Å². The van der Waals surface area contributed by atoms with Crippen LogP contribution in [0.15, 0.2) is 108 Å². The molecule has 2 saturated heterocycles. The number of methoxy groups -OCH3 is 2. The van der Waals surface area contributed by atoms with Crippen molar-refractivity contribution in [3.8, 4) is 33.5 Å². The van der Waals surface area contributed by atoms with Crippen molar-refractivity contribution in [3.05, 3.63) is 120 Å². The molecule has 4 amide bonds. The van der Waals surface area contributed by atoms with E-state index in [-0.39, 0.29) is 29.8 Å². The topological polar surface area (TPSA) is 158 Å². The predicted molar refractivity (Wildman–Crippen MR) is 233 cm³/mol. The van der Waals surface area contributed by atoms with Gasteiger partial charge in [0.25, 0.3) is 5.91 Å². The highest BCUT2D eigenvalue weighted by Crippen LogP contribution is 2.37. The van der Waals surface area contributed by atoms with Gasteiger partial charge in [0.1, 0.15) is 17.9 Å². The number of H-pyrrole nitrogens is 1. The molecular formula is C48H51N7O6. The molecule has 13 nitrogen and oxygen atoms in total. The smallest absolute Gasteiger partial charge is 0.407 e. The van der Waals surface area contributed by atoms with Crippen molar-refractivity contribution in [2.75, 3.05) is 27.3 Å². The van der Waals surface area contributed by atoms with Crippen LogP contribution in [-0.4, -0.2) is 88.9 Å². The molecule has 314 valence electrons. The number of fused-ring (bicyclic) bond motifs is 1. The molecule has 13 heteroatoms. The molecule has 1 aromatic heterocycles. The molecule has 0 radical (unpaired) electrons. The van der Waals surface area contributed by atoms with Crippen LogP contribution < -0.4 is 10.6 Å². The minimum Gasteiger partial charge on any atom is -0.453 e. The van der Waals surface area contributed by atoms with Crippen molar-refractivity contribution in [3.63, 3.8) is 0 Å². The average Bonchev–Trinajstić information content (AvgIpc) is 4.13. The molecule has 61 heavy (non-hydrogen) atoms. The number of likely N-dealkylation sites (tertiary alicyclic amines) is 2. The number of nitrogens with zero attached hydrogens (tertiary/aromatic N) is 4. The number of amides is 4. The summed E-state index contributed by atoms with van der Waals surface area (Å²) in [6.45, 7) is 5.03. The molecule has 0 saturated carbocycles. The van der Waals surface area contributed by atoms with E-state index in [0.29, 0.717) is 30.9 Å². The monoisotopic (exact) mass is 821 g/mol. The molecule has 0 spiro atoms. The lowest BCUT2D eigenvalue weighted by molar-refractivity contribution is -0.135.